The number of carbonyl (C=O) groups is 1. The van der Waals surface area contributed by atoms with Gasteiger partial charge in [-0.3, -0.25) is 4.79 Å². The topological polar surface area (TPSA) is 59.5 Å². The van der Waals surface area contributed by atoms with Crippen LogP contribution >= 0.6 is 0 Å². The summed E-state index contributed by atoms with van der Waals surface area (Å²) in [5.41, 5.74) is 9.20. The van der Waals surface area contributed by atoms with E-state index in [0.29, 0.717) is 5.56 Å². The van der Waals surface area contributed by atoms with Crippen LogP contribution in [-0.2, 0) is 6.42 Å². The molecule has 0 radical (unpaired) electrons. The molecular formula is C15H16N2O2. The fourth-order valence-electron chi connectivity index (χ4n) is 2.66. The average Bonchev–Trinajstić information content (AvgIpc) is 2.91. The summed E-state index contributed by atoms with van der Waals surface area (Å²) in [7, 11) is 0. The first-order valence-electron chi connectivity index (χ1n) is 6.33. The fraction of sp³-hybridized carbons (Fsp3) is 0.267. The second kappa shape index (κ2) is 4.16. The summed E-state index contributed by atoms with van der Waals surface area (Å²) in [4.78, 5) is 14.4. The van der Waals surface area contributed by atoms with Gasteiger partial charge in [0.2, 0.25) is 0 Å². The van der Waals surface area contributed by atoms with Crippen LogP contribution in [-0.4, -0.2) is 11.9 Å². The van der Waals surface area contributed by atoms with Crippen molar-refractivity contribution in [3.63, 3.8) is 0 Å². The number of hydrogen-bond donors (Lipinski definition) is 1. The summed E-state index contributed by atoms with van der Waals surface area (Å²) >= 11 is 0. The Balaban J connectivity index is 2.00. The molecule has 1 atom stereocenters. The number of hydrogen-bond acceptors (Lipinski definition) is 3. The first-order chi connectivity index (χ1) is 9.06. The van der Waals surface area contributed by atoms with E-state index in [9.17, 15) is 4.79 Å². The van der Waals surface area contributed by atoms with E-state index >= 15 is 0 Å². The summed E-state index contributed by atoms with van der Waals surface area (Å²) < 4.78 is 5.22. The number of nitrogens with zero attached hydrogens (tertiary/aromatic N) is 1. The van der Waals surface area contributed by atoms with Gasteiger partial charge < -0.3 is 15.1 Å². The van der Waals surface area contributed by atoms with Crippen molar-refractivity contribution < 1.29 is 9.21 Å². The molecular weight excluding hydrogens is 240 g/mol. The lowest BCUT2D eigenvalue weighted by Crippen LogP contribution is -2.35. The molecule has 3 rings (SSSR count). The van der Waals surface area contributed by atoms with Gasteiger partial charge >= 0.3 is 0 Å². The smallest absolute Gasteiger partial charge is 0.261 e. The van der Waals surface area contributed by atoms with E-state index in [1.807, 2.05) is 36.9 Å². The fourth-order valence-corrected chi connectivity index (χ4v) is 2.66. The predicted molar refractivity (Wildman–Crippen MR) is 74.3 cm³/mol. The van der Waals surface area contributed by atoms with Crippen LogP contribution in [0.4, 0.5) is 11.4 Å². The summed E-state index contributed by atoms with van der Waals surface area (Å²) in [6.07, 6.45) is 2.35. The first kappa shape index (κ1) is 11.8. The SMILES string of the molecule is Cc1cc(C(=O)N2c3ccc(N)cc3CC2C)co1. The Kier molecular flexibility index (Phi) is 2.59. The quantitative estimate of drug-likeness (QED) is 0.798. The third-order valence-corrected chi connectivity index (χ3v) is 3.52. The highest BCUT2D eigenvalue weighted by Gasteiger charge is 2.32. The van der Waals surface area contributed by atoms with E-state index in [2.05, 4.69) is 0 Å². The Hall–Kier alpha value is -2.23. The van der Waals surface area contributed by atoms with Crippen molar-refractivity contribution in [2.45, 2.75) is 26.3 Å². The normalized spacial score (nSPS) is 17.6. The van der Waals surface area contributed by atoms with Gasteiger partial charge in [-0.25, -0.2) is 0 Å². The van der Waals surface area contributed by atoms with Crippen LogP contribution in [0.5, 0.6) is 0 Å². The number of amides is 1. The molecule has 0 saturated heterocycles. The van der Waals surface area contributed by atoms with Crippen LogP contribution in [0.3, 0.4) is 0 Å². The van der Waals surface area contributed by atoms with E-state index in [0.717, 1.165) is 29.1 Å². The highest BCUT2D eigenvalue weighted by molar-refractivity contribution is 6.07. The molecule has 4 heteroatoms. The van der Waals surface area contributed by atoms with Crippen LogP contribution in [0.1, 0.15) is 28.6 Å². The number of nitrogen functional groups attached to an aromatic ring is 1. The van der Waals surface area contributed by atoms with Gasteiger partial charge in [-0.1, -0.05) is 0 Å². The number of fused-ring (bicyclic) bond motifs is 1. The average molecular weight is 256 g/mol. The summed E-state index contributed by atoms with van der Waals surface area (Å²) in [6, 6.07) is 7.60. The second-order valence-electron chi connectivity index (χ2n) is 5.06. The van der Waals surface area contributed by atoms with Gasteiger partial charge in [0, 0.05) is 17.4 Å². The lowest BCUT2D eigenvalue weighted by Gasteiger charge is -2.22. The summed E-state index contributed by atoms with van der Waals surface area (Å²) in [5.74, 6) is 0.723. The molecule has 2 N–H and O–H groups in total. The number of rotatable bonds is 1. The molecule has 1 aliphatic heterocycles. The zero-order valence-corrected chi connectivity index (χ0v) is 11.0. The molecule has 0 aliphatic carbocycles. The minimum absolute atomic E-state index is 0.0205. The third-order valence-electron chi connectivity index (χ3n) is 3.52. The van der Waals surface area contributed by atoms with E-state index in [4.69, 9.17) is 10.2 Å². The Morgan fingerprint density at radius 3 is 2.89 bits per heavy atom. The lowest BCUT2D eigenvalue weighted by atomic mass is 10.1. The molecule has 0 spiro atoms. The predicted octanol–water partition coefficient (Wildman–Crippen LogP) is 2.76. The molecule has 1 aliphatic rings. The van der Waals surface area contributed by atoms with Gasteiger partial charge in [0.15, 0.2) is 0 Å². The number of benzene rings is 1. The molecule has 4 nitrogen and oxygen atoms in total. The first-order valence-corrected chi connectivity index (χ1v) is 6.33. The molecule has 0 bridgehead atoms. The van der Waals surface area contributed by atoms with Gasteiger partial charge in [0.25, 0.3) is 5.91 Å². The molecule has 1 aromatic carbocycles. The lowest BCUT2D eigenvalue weighted by molar-refractivity contribution is 0.0981. The zero-order valence-electron chi connectivity index (χ0n) is 11.0. The molecule has 1 amide bonds. The molecule has 1 unspecified atom stereocenters. The number of aryl methyl sites for hydroxylation is 1. The Morgan fingerprint density at radius 1 is 1.42 bits per heavy atom. The van der Waals surface area contributed by atoms with Crippen molar-refractivity contribution in [1.82, 2.24) is 0 Å². The van der Waals surface area contributed by atoms with Crippen LogP contribution in [0.25, 0.3) is 0 Å². The van der Waals surface area contributed by atoms with E-state index < -0.39 is 0 Å². The minimum Gasteiger partial charge on any atom is -0.469 e. The highest BCUT2D eigenvalue weighted by atomic mass is 16.3. The van der Waals surface area contributed by atoms with Crippen molar-refractivity contribution in [1.29, 1.82) is 0 Å². The van der Waals surface area contributed by atoms with Crippen molar-refractivity contribution in [3.05, 3.63) is 47.4 Å². The summed E-state index contributed by atoms with van der Waals surface area (Å²) in [6.45, 7) is 3.87. The zero-order chi connectivity index (χ0) is 13.6. The van der Waals surface area contributed by atoms with Crippen molar-refractivity contribution in [3.8, 4) is 0 Å². The molecule has 19 heavy (non-hydrogen) atoms. The summed E-state index contributed by atoms with van der Waals surface area (Å²) in [5, 5.41) is 0. The Labute approximate surface area is 111 Å². The second-order valence-corrected chi connectivity index (χ2v) is 5.06. The maximum atomic E-state index is 12.6. The molecule has 2 aromatic rings. The Bertz CT molecular complexity index is 645. The van der Waals surface area contributed by atoms with Crippen LogP contribution in [0.2, 0.25) is 0 Å². The van der Waals surface area contributed by atoms with Gasteiger partial charge in [0.1, 0.15) is 12.0 Å². The van der Waals surface area contributed by atoms with Gasteiger partial charge in [-0.05, 0) is 50.1 Å². The van der Waals surface area contributed by atoms with Crippen molar-refractivity contribution >= 4 is 17.3 Å². The Morgan fingerprint density at radius 2 is 2.21 bits per heavy atom. The molecule has 0 saturated carbocycles. The standard InChI is InChI=1S/C15H16N2O2/c1-9-5-11-7-13(16)3-4-14(11)17(9)15(18)12-6-10(2)19-8-12/h3-4,6-9H,5,16H2,1-2H3. The van der Waals surface area contributed by atoms with E-state index in [-0.39, 0.29) is 11.9 Å². The number of nitrogens with two attached hydrogens (primary N) is 1. The van der Waals surface area contributed by atoms with E-state index in [1.54, 1.807) is 6.07 Å². The van der Waals surface area contributed by atoms with Crippen LogP contribution in [0.15, 0.2) is 34.9 Å². The van der Waals surface area contributed by atoms with Gasteiger partial charge in [-0.15, -0.1) is 0 Å². The number of anilines is 2. The van der Waals surface area contributed by atoms with Crippen molar-refractivity contribution in [2.75, 3.05) is 10.6 Å². The van der Waals surface area contributed by atoms with Gasteiger partial charge in [-0.2, -0.15) is 0 Å². The largest absolute Gasteiger partial charge is 0.469 e. The van der Waals surface area contributed by atoms with Crippen LogP contribution < -0.4 is 10.6 Å². The third kappa shape index (κ3) is 1.89. The van der Waals surface area contributed by atoms with Crippen molar-refractivity contribution in [2.24, 2.45) is 0 Å². The van der Waals surface area contributed by atoms with E-state index in [1.165, 1.54) is 6.26 Å². The highest BCUT2D eigenvalue weighted by Crippen LogP contribution is 2.34. The molecule has 0 fully saturated rings. The number of carbonyl (C=O) groups excluding carboxylic acids is 1. The van der Waals surface area contributed by atoms with Gasteiger partial charge in [0.05, 0.1) is 5.56 Å². The molecule has 2 heterocycles. The molecule has 98 valence electrons. The number of furan rings is 1. The maximum Gasteiger partial charge on any atom is 0.261 e. The molecule has 1 aromatic heterocycles. The maximum absolute atomic E-state index is 12.6. The minimum atomic E-state index is -0.0205. The monoisotopic (exact) mass is 256 g/mol. The van der Waals surface area contributed by atoms with Crippen LogP contribution in [0, 0.1) is 6.92 Å².